The van der Waals surface area contributed by atoms with Crippen molar-refractivity contribution in [3.63, 3.8) is 0 Å². The summed E-state index contributed by atoms with van der Waals surface area (Å²) in [4.78, 5) is 25.1. The third-order valence-electron chi connectivity index (χ3n) is 4.62. The molecule has 146 valence electrons. The van der Waals surface area contributed by atoms with E-state index in [-0.39, 0.29) is 18.3 Å². The Labute approximate surface area is 159 Å². The number of imidazole rings is 1. The maximum absolute atomic E-state index is 12.4. The van der Waals surface area contributed by atoms with Crippen molar-refractivity contribution >= 4 is 22.9 Å². The molecular formula is C18H19N5O5. The number of anilines is 1. The Morgan fingerprint density at radius 2 is 2.04 bits per heavy atom. The van der Waals surface area contributed by atoms with E-state index in [1.165, 1.54) is 19.8 Å². The number of hydrogen-bond acceptors (Lipinski definition) is 8. The molecular weight excluding hydrogens is 366 g/mol. The summed E-state index contributed by atoms with van der Waals surface area (Å²) < 4.78 is 12.5. The third kappa shape index (κ3) is 3.22. The Bertz CT molecular complexity index is 979. The second-order valence-corrected chi connectivity index (χ2v) is 6.35. The second-order valence-electron chi connectivity index (χ2n) is 6.35. The van der Waals surface area contributed by atoms with Crippen molar-refractivity contribution in [2.75, 3.05) is 19.0 Å². The minimum atomic E-state index is -1.12. The number of hydrogen-bond donors (Lipinski definition) is 3. The van der Waals surface area contributed by atoms with Crippen LogP contribution in [-0.4, -0.2) is 67.7 Å². The first-order valence-corrected chi connectivity index (χ1v) is 8.64. The summed E-state index contributed by atoms with van der Waals surface area (Å²) in [7, 11) is 1.42. The van der Waals surface area contributed by atoms with Crippen molar-refractivity contribution in [3.05, 3.63) is 48.5 Å². The van der Waals surface area contributed by atoms with Gasteiger partial charge in [-0.05, 0) is 12.1 Å². The fraction of sp³-hybridized carbons (Fsp3) is 0.333. The van der Waals surface area contributed by atoms with Gasteiger partial charge in [0.25, 0.3) is 5.91 Å². The molecule has 1 saturated heterocycles. The topological polar surface area (TPSA) is 132 Å². The van der Waals surface area contributed by atoms with Gasteiger partial charge < -0.3 is 25.0 Å². The van der Waals surface area contributed by atoms with Crippen molar-refractivity contribution < 1.29 is 24.5 Å². The van der Waals surface area contributed by atoms with Crippen molar-refractivity contribution in [3.8, 4) is 0 Å². The van der Waals surface area contributed by atoms with Crippen LogP contribution in [-0.2, 0) is 9.47 Å². The Morgan fingerprint density at radius 1 is 1.25 bits per heavy atom. The quantitative estimate of drug-likeness (QED) is 0.586. The van der Waals surface area contributed by atoms with E-state index in [0.717, 1.165) is 0 Å². The number of carbonyl (C=O) groups excluding carboxylic acids is 1. The number of amides is 1. The molecule has 0 saturated carbocycles. The number of fused-ring (bicyclic) bond motifs is 1. The molecule has 3 aromatic rings. The highest BCUT2D eigenvalue weighted by Gasteiger charge is 2.40. The van der Waals surface area contributed by atoms with Crippen LogP contribution in [0.3, 0.4) is 0 Å². The van der Waals surface area contributed by atoms with Crippen LogP contribution in [0.2, 0.25) is 0 Å². The number of nitrogens with one attached hydrogen (secondary N) is 1. The van der Waals surface area contributed by atoms with E-state index in [2.05, 4.69) is 20.3 Å². The molecule has 10 heteroatoms. The molecule has 1 aromatic carbocycles. The van der Waals surface area contributed by atoms with Gasteiger partial charge >= 0.3 is 0 Å². The lowest BCUT2D eigenvalue weighted by Gasteiger charge is -2.37. The van der Waals surface area contributed by atoms with Crippen LogP contribution in [0.25, 0.3) is 11.2 Å². The fourth-order valence-corrected chi connectivity index (χ4v) is 3.17. The molecule has 0 aliphatic carbocycles. The number of ether oxygens (including phenoxy) is 2. The highest BCUT2D eigenvalue weighted by Crippen LogP contribution is 2.30. The third-order valence-corrected chi connectivity index (χ3v) is 4.62. The Morgan fingerprint density at radius 3 is 2.79 bits per heavy atom. The molecule has 0 spiro atoms. The number of aliphatic hydroxyl groups is 2. The van der Waals surface area contributed by atoms with Crippen LogP contribution in [0.1, 0.15) is 16.6 Å². The second kappa shape index (κ2) is 7.60. The largest absolute Gasteiger partial charge is 0.388 e. The average molecular weight is 385 g/mol. The van der Waals surface area contributed by atoms with Crippen LogP contribution < -0.4 is 5.32 Å². The minimum Gasteiger partial charge on any atom is -0.388 e. The molecule has 1 aliphatic rings. The van der Waals surface area contributed by atoms with Gasteiger partial charge in [0, 0.05) is 12.7 Å². The standard InChI is InChI=1S/C18H19N5O5/c1-27-14-13(25)11(24)7-28-18(14)23-9-21-12-15(19-8-20-16(12)23)22-17(26)10-5-3-2-4-6-10/h2-6,8-9,11,13-14,18,24-25H,7H2,1H3,(H,19,20,22,26)/t11-,13-,14+,18+/m0/s1. The molecule has 0 bridgehead atoms. The SMILES string of the molecule is CO[C@@H]1[C@@H](O)[C@@H](O)CO[C@H]1n1cnc2c(NC(=O)c3ccccc3)ncnc21. The van der Waals surface area contributed by atoms with Gasteiger partial charge in [0.15, 0.2) is 23.2 Å². The van der Waals surface area contributed by atoms with E-state index in [4.69, 9.17) is 9.47 Å². The van der Waals surface area contributed by atoms with Gasteiger partial charge in [-0.1, -0.05) is 18.2 Å². The minimum absolute atomic E-state index is 0.0615. The molecule has 3 heterocycles. The smallest absolute Gasteiger partial charge is 0.256 e. The molecule has 0 unspecified atom stereocenters. The Balaban J connectivity index is 1.66. The summed E-state index contributed by atoms with van der Waals surface area (Å²) in [5.41, 5.74) is 1.25. The average Bonchev–Trinajstić information content (AvgIpc) is 3.15. The molecule has 1 aliphatic heterocycles. The van der Waals surface area contributed by atoms with Crippen LogP contribution in [0.15, 0.2) is 43.0 Å². The van der Waals surface area contributed by atoms with Crippen LogP contribution in [0, 0.1) is 0 Å². The van der Waals surface area contributed by atoms with Gasteiger partial charge in [-0.3, -0.25) is 9.36 Å². The number of carbonyl (C=O) groups is 1. The molecule has 3 N–H and O–H groups in total. The summed E-state index contributed by atoms with van der Waals surface area (Å²) in [6.07, 6.45) is -0.971. The molecule has 1 amide bonds. The van der Waals surface area contributed by atoms with Gasteiger partial charge in [-0.25, -0.2) is 15.0 Å². The van der Waals surface area contributed by atoms with Gasteiger partial charge in [0.1, 0.15) is 24.6 Å². The highest BCUT2D eigenvalue weighted by molar-refractivity contribution is 6.06. The zero-order chi connectivity index (χ0) is 19.7. The number of aliphatic hydroxyl groups excluding tert-OH is 2. The molecule has 4 rings (SSSR count). The first-order valence-electron chi connectivity index (χ1n) is 8.64. The van der Waals surface area contributed by atoms with Gasteiger partial charge in [0.2, 0.25) is 0 Å². The van der Waals surface area contributed by atoms with E-state index in [0.29, 0.717) is 16.7 Å². The molecule has 28 heavy (non-hydrogen) atoms. The predicted octanol–water partition coefficient (Wildman–Crippen LogP) is 0.344. The van der Waals surface area contributed by atoms with Crippen molar-refractivity contribution in [1.82, 2.24) is 19.5 Å². The van der Waals surface area contributed by atoms with E-state index >= 15 is 0 Å². The summed E-state index contributed by atoms with van der Waals surface area (Å²) in [5.74, 6) is -0.0691. The zero-order valence-electron chi connectivity index (χ0n) is 15.0. The first-order chi connectivity index (χ1) is 13.6. The lowest BCUT2D eigenvalue weighted by atomic mass is 10.0. The summed E-state index contributed by atoms with van der Waals surface area (Å²) >= 11 is 0. The van der Waals surface area contributed by atoms with E-state index < -0.39 is 24.5 Å². The molecule has 4 atom stereocenters. The van der Waals surface area contributed by atoms with Gasteiger partial charge in [-0.15, -0.1) is 0 Å². The normalized spacial score (nSPS) is 25.0. The number of methoxy groups -OCH3 is 1. The zero-order valence-corrected chi connectivity index (χ0v) is 15.0. The maximum Gasteiger partial charge on any atom is 0.256 e. The maximum atomic E-state index is 12.4. The molecule has 2 aromatic heterocycles. The van der Waals surface area contributed by atoms with E-state index in [9.17, 15) is 15.0 Å². The summed E-state index contributed by atoms with van der Waals surface area (Å²) in [6.45, 7) is -0.0615. The van der Waals surface area contributed by atoms with Crippen molar-refractivity contribution in [1.29, 1.82) is 0 Å². The number of nitrogens with zero attached hydrogens (tertiary/aromatic N) is 4. The van der Waals surface area contributed by atoms with Crippen molar-refractivity contribution in [2.45, 2.75) is 24.5 Å². The predicted molar refractivity (Wildman–Crippen MR) is 97.5 cm³/mol. The fourth-order valence-electron chi connectivity index (χ4n) is 3.17. The Kier molecular flexibility index (Phi) is 5.01. The summed E-state index contributed by atoms with van der Waals surface area (Å²) in [5, 5.41) is 22.7. The molecule has 1 fully saturated rings. The highest BCUT2D eigenvalue weighted by atomic mass is 16.6. The molecule has 0 radical (unpaired) electrons. The van der Waals surface area contributed by atoms with Crippen LogP contribution in [0.5, 0.6) is 0 Å². The van der Waals surface area contributed by atoms with E-state index in [1.54, 1.807) is 28.8 Å². The number of rotatable bonds is 4. The van der Waals surface area contributed by atoms with Gasteiger partial charge in [-0.2, -0.15) is 0 Å². The van der Waals surface area contributed by atoms with E-state index in [1.807, 2.05) is 6.07 Å². The molecule has 10 nitrogen and oxygen atoms in total. The van der Waals surface area contributed by atoms with Crippen LogP contribution in [0.4, 0.5) is 5.82 Å². The monoisotopic (exact) mass is 385 g/mol. The van der Waals surface area contributed by atoms with Gasteiger partial charge in [0.05, 0.1) is 12.9 Å². The number of benzene rings is 1. The lowest BCUT2D eigenvalue weighted by Crippen LogP contribution is -2.51. The van der Waals surface area contributed by atoms with Crippen molar-refractivity contribution in [2.24, 2.45) is 0 Å². The summed E-state index contributed by atoms with van der Waals surface area (Å²) in [6, 6.07) is 8.74. The van der Waals surface area contributed by atoms with Crippen LogP contribution >= 0.6 is 0 Å². The lowest BCUT2D eigenvalue weighted by molar-refractivity contribution is -0.218. The Hall–Kier alpha value is -2.92. The number of aromatic nitrogens is 4. The first kappa shape index (κ1) is 18.4.